The van der Waals surface area contributed by atoms with E-state index in [-0.39, 0.29) is 11.3 Å². The number of Topliss-reactive ketones (excluding diaryl/α,β-unsaturated/α-hetero) is 1. The molecule has 0 amide bonds. The van der Waals surface area contributed by atoms with Crippen LogP contribution in [0.2, 0.25) is 0 Å². The number of hydrogen-bond donors (Lipinski definition) is 0. The summed E-state index contributed by atoms with van der Waals surface area (Å²) in [5.74, 6) is -1.33. The van der Waals surface area contributed by atoms with Crippen LogP contribution in [0, 0.1) is 17.6 Å². The van der Waals surface area contributed by atoms with Crippen LogP contribution in [0.25, 0.3) is 0 Å². The van der Waals surface area contributed by atoms with Gasteiger partial charge in [-0.15, -0.1) is 0 Å². The minimum Gasteiger partial charge on any atom is -0.370 e. The van der Waals surface area contributed by atoms with Gasteiger partial charge in [0, 0.05) is 13.2 Å². The minimum absolute atomic E-state index is 0.0854. The molecule has 1 fully saturated rings. The zero-order chi connectivity index (χ0) is 14.0. The Labute approximate surface area is 111 Å². The van der Waals surface area contributed by atoms with Crippen molar-refractivity contribution in [3.8, 4) is 0 Å². The van der Waals surface area contributed by atoms with Crippen LogP contribution in [0.1, 0.15) is 43.0 Å². The number of ether oxygens (including phenoxy) is 1. The van der Waals surface area contributed by atoms with E-state index >= 15 is 0 Å². The third-order valence-corrected chi connectivity index (χ3v) is 4.06. The topological polar surface area (TPSA) is 26.3 Å². The van der Waals surface area contributed by atoms with Crippen LogP contribution in [0.4, 0.5) is 8.78 Å². The Morgan fingerprint density at radius 2 is 1.95 bits per heavy atom. The zero-order valence-electron chi connectivity index (χ0n) is 11.2. The first-order chi connectivity index (χ1) is 8.98. The Morgan fingerprint density at radius 1 is 1.32 bits per heavy atom. The monoisotopic (exact) mass is 268 g/mol. The zero-order valence-corrected chi connectivity index (χ0v) is 11.2. The lowest BCUT2D eigenvalue weighted by Crippen LogP contribution is -2.44. The number of methoxy groups -OCH3 is 1. The Hall–Kier alpha value is -1.29. The SMILES string of the molecule is COC1(C(=O)c2ccc(F)cc2F)CCC(C)CC1. The number of benzene rings is 1. The molecule has 0 N–H and O–H groups in total. The molecule has 0 spiro atoms. The van der Waals surface area contributed by atoms with Crippen molar-refractivity contribution < 1.29 is 18.3 Å². The van der Waals surface area contributed by atoms with Crippen molar-refractivity contribution in [3.05, 3.63) is 35.4 Å². The van der Waals surface area contributed by atoms with Gasteiger partial charge in [-0.1, -0.05) is 6.92 Å². The Kier molecular flexibility index (Phi) is 3.99. The molecular formula is C15H18F2O2. The molecule has 1 saturated carbocycles. The number of carbonyl (C=O) groups is 1. The Morgan fingerprint density at radius 3 is 2.47 bits per heavy atom. The molecule has 2 nitrogen and oxygen atoms in total. The van der Waals surface area contributed by atoms with Gasteiger partial charge in [-0.3, -0.25) is 4.79 Å². The minimum atomic E-state index is -0.953. The van der Waals surface area contributed by atoms with E-state index in [2.05, 4.69) is 6.92 Å². The highest BCUT2D eigenvalue weighted by Crippen LogP contribution is 2.37. The molecule has 0 aliphatic heterocycles. The highest BCUT2D eigenvalue weighted by atomic mass is 19.1. The standard InChI is InChI=1S/C15H18F2O2/c1-10-5-7-15(19-2,8-6-10)14(18)12-4-3-11(16)9-13(12)17/h3-4,9-10H,5-8H2,1-2H3. The first-order valence-electron chi connectivity index (χ1n) is 6.53. The molecule has 0 unspecified atom stereocenters. The number of ketones is 1. The van der Waals surface area contributed by atoms with Gasteiger partial charge in [-0.2, -0.15) is 0 Å². The van der Waals surface area contributed by atoms with Gasteiger partial charge < -0.3 is 4.74 Å². The van der Waals surface area contributed by atoms with E-state index in [9.17, 15) is 13.6 Å². The van der Waals surface area contributed by atoms with Crippen LogP contribution < -0.4 is 0 Å². The fraction of sp³-hybridized carbons (Fsp3) is 0.533. The predicted octanol–water partition coefficient (Wildman–Crippen LogP) is 3.74. The summed E-state index contributed by atoms with van der Waals surface area (Å²) in [4.78, 5) is 12.5. The molecule has 1 aliphatic carbocycles. The predicted molar refractivity (Wildman–Crippen MR) is 68.1 cm³/mol. The maximum Gasteiger partial charge on any atom is 0.197 e. The molecule has 2 rings (SSSR count). The van der Waals surface area contributed by atoms with Gasteiger partial charge in [-0.25, -0.2) is 8.78 Å². The average Bonchev–Trinajstić information content (AvgIpc) is 2.39. The van der Waals surface area contributed by atoms with Crippen LogP contribution in [0.3, 0.4) is 0 Å². The van der Waals surface area contributed by atoms with E-state index < -0.39 is 17.2 Å². The number of rotatable bonds is 3. The number of hydrogen-bond acceptors (Lipinski definition) is 2. The fourth-order valence-electron chi connectivity index (χ4n) is 2.67. The highest BCUT2D eigenvalue weighted by molar-refractivity contribution is 6.02. The fourth-order valence-corrected chi connectivity index (χ4v) is 2.67. The molecule has 1 aliphatic rings. The van der Waals surface area contributed by atoms with E-state index in [1.165, 1.54) is 13.2 Å². The Bertz CT molecular complexity index is 477. The second-order valence-electron chi connectivity index (χ2n) is 5.33. The second kappa shape index (κ2) is 5.37. The first kappa shape index (κ1) is 14.1. The third kappa shape index (κ3) is 2.68. The van der Waals surface area contributed by atoms with Crippen molar-refractivity contribution in [1.29, 1.82) is 0 Å². The summed E-state index contributed by atoms with van der Waals surface area (Å²) in [6.45, 7) is 2.13. The van der Waals surface area contributed by atoms with Gasteiger partial charge in [-0.05, 0) is 43.7 Å². The van der Waals surface area contributed by atoms with Crippen molar-refractivity contribution in [2.75, 3.05) is 7.11 Å². The third-order valence-electron chi connectivity index (χ3n) is 4.06. The molecule has 1 aromatic carbocycles. The lowest BCUT2D eigenvalue weighted by Gasteiger charge is -2.37. The van der Waals surface area contributed by atoms with Crippen molar-refractivity contribution in [1.82, 2.24) is 0 Å². The quantitative estimate of drug-likeness (QED) is 0.780. The molecule has 104 valence electrons. The summed E-state index contributed by atoms with van der Waals surface area (Å²) in [6.07, 6.45) is 2.92. The molecule has 0 aromatic heterocycles. The summed E-state index contributed by atoms with van der Waals surface area (Å²) in [6, 6.07) is 3.04. The largest absolute Gasteiger partial charge is 0.370 e. The lowest BCUT2D eigenvalue weighted by atomic mass is 9.75. The summed E-state index contributed by atoms with van der Waals surface area (Å²) >= 11 is 0. The molecule has 19 heavy (non-hydrogen) atoms. The molecule has 0 radical (unpaired) electrons. The maximum atomic E-state index is 13.7. The summed E-state index contributed by atoms with van der Waals surface area (Å²) in [5, 5.41) is 0. The normalized spacial score (nSPS) is 27.3. The van der Waals surface area contributed by atoms with Crippen molar-refractivity contribution in [2.45, 2.75) is 38.2 Å². The second-order valence-corrected chi connectivity index (χ2v) is 5.33. The van der Waals surface area contributed by atoms with Gasteiger partial charge in [0.25, 0.3) is 0 Å². The van der Waals surface area contributed by atoms with Crippen molar-refractivity contribution >= 4 is 5.78 Å². The van der Waals surface area contributed by atoms with Crippen LogP contribution >= 0.6 is 0 Å². The van der Waals surface area contributed by atoms with Crippen molar-refractivity contribution in [2.24, 2.45) is 5.92 Å². The molecule has 0 heterocycles. The van der Waals surface area contributed by atoms with Crippen LogP contribution in [0.15, 0.2) is 18.2 Å². The smallest absolute Gasteiger partial charge is 0.197 e. The van der Waals surface area contributed by atoms with Gasteiger partial charge in [0.15, 0.2) is 5.78 Å². The Balaban J connectivity index is 2.30. The molecule has 1 aromatic rings. The average molecular weight is 268 g/mol. The highest BCUT2D eigenvalue weighted by Gasteiger charge is 2.42. The van der Waals surface area contributed by atoms with E-state index in [4.69, 9.17) is 4.74 Å². The van der Waals surface area contributed by atoms with Gasteiger partial charge in [0.2, 0.25) is 0 Å². The van der Waals surface area contributed by atoms with Crippen LogP contribution in [-0.4, -0.2) is 18.5 Å². The van der Waals surface area contributed by atoms with Gasteiger partial charge in [0.05, 0.1) is 5.56 Å². The molecule has 4 heteroatoms. The van der Waals surface area contributed by atoms with Gasteiger partial charge in [0.1, 0.15) is 17.2 Å². The summed E-state index contributed by atoms with van der Waals surface area (Å²) in [5.41, 5.74) is -1.04. The van der Waals surface area contributed by atoms with E-state index in [0.29, 0.717) is 18.8 Å². The summed E-state index contributed by atoms with van der Waals surface area (Å²) in [7, 11) is 1.48. The molecule has 0 bridgehead atoms. The van der Waals surface area contributed by atoms with Crippen molar-refractivity contribution in [3.63, 3.8) is 0 Å². The van der Waals surface area contributed by atoms with E-state index in [1.54, 1.807) is 0 Å². The van der Waals surface area contributed by atoms with E-state index in [0.717, 1.165) is 25.0 Å². The first-order valence-corrected chi connectivity index (χ1v) is 6.53. The molecular weight excluding hydrogens is 250 g/mol. The van der Waals surface area contributed by atoms with Gasteiger partial charge >= 0.3 is 0 Å². The van der Waals surface area contributed by atoms with E-state index in [1.807, 2.05) is 0 Å². The lowest BCUT2D eigenvalue weighted by molar-refractivity contribution is -0.0265. The number of halogens is 2. The van der Waals surface area contributed by atoms with Crippen LogP contribution in [0.5, 0.6) is 0 Å². The van der Waals surface area contributed by atoms with Crippen LogP contribution in [-0.2, 0) is 4.74 Å². The summed E-state index contributed by atoms with van der Waals surface area (Å²) < 4.78 is 32.0. The number of carbonyl (C=O) groups excluding carboxylic acids is 1. The molecule has 0 atom stereocenters. The maximum absolute atomic E-state index is 13.7. The molecule has 0 saturated heterocycles.